The molecule has 0 saturated heterocycles. The number of hydrogen-bond donors (Lipinski definition) is 0. The summed E-state index contributed by atoms with van der Waals surface area (Å²) < 4.78 is 5.38. The van der Waals surface area contributed by atoms with Gasteiger partial charge in [-0.3, -0.25) is 0 Å². The van der Waals surface area contributed by atoms with Crippen molar-refractivity contribution >= 4 is 29.5 Å². The van der Waals surface area contributed by atoms with Crippen LogP contribution < -0.4 is 0 Å². The highest BCUT2D eigenvalue weighted by atomic mass is 35.5. The molecule has 20 heavy (non-hydrogen) atoms. The Bertz CT molecular complexity index is 531. The lowest BCUT2D eigenvalue weighted by Gasteiger charge is -2.30. The minimum atomic E-state index is -0.495. The molecule has 2 heterocycles. The Hall–Kier alpha value is -1.01. The van der Waals surface area contributed by atoms with E-state index in [2.05, 4.69) is 9.97 Å². The third-order valence-electron chi connectivity index (χ3n) is 2.83. The zero-order chi connectivity index (χ0) is 14.9. The standard InChI is InChI=1S/C13H18ClN3O2S/c1-13(2,3)19-12(18)17-6-5-8-9(7-17)15-11(20-4)16-10(8)14/h5-7H2,1-4H3. The van der Waals surface area contributed by atoms with Crippen molar-refractivity contribution in [2.45, 2.75) is 44.5 Å². The number of carbonyl (C=O) groups is 1. The van der Waals surface area contributed by atoms with Crippen LogP contribution in [0.4, 0.5) is 4.79 Å². The zero-order valence-corrected chi connectivity index (χ0v) is 13.6. The minimum absolute atomic E-state index is 0.316. The van der Waals surface area contributed by atoms with Crippen molar-refractivity contribution in [3.05, 3.63) is 16.4 Å². The van der Waals surface area contributed by atoms with Gasteiger partial charge in [-0.25, -0.2) is 14.8 Å². The number of rotatable bonds is 1. The topological polar surface area (TPSA) is 55.3 Å². The fourth-order valence-electron chi connectivity index (χ4n) is 1.94. The number of halogens is 1. The van der Waals surface area contributed by atoms with Gasteiger partial charge in [-0.2, -0.15) is 0 Å². The number of amides is 1. The first-order valence-electron chi connectivity index (χ1n) is 6.37. The Morgan fingerprint density at radius 1 is 1.40 bits per heavy atom. The number of ether oxygens (including phenoxy) is 1. The first-order valence-corrected chi connectivity index (χ1v) is 7.97. The average molecular weight is 316 g/mol. The number of fused-ring (bicyclic) bond motifs is 1. The first-order chi connectivity index (χ1) is 9.30. The van der Waals surface area contributed by atoms with Gasteiger partial charge in [0, 0.05) is 12.1 Å². The quantitative estimate of drug-likeness (QED) is 0.453. The molecule has 0 unspecified atom stereocenters. The summed E-state index contributed by atoms with van der Waals surface area (Å²) in [5, 5.41) is 1.11. The van der Waals surface area contributed by atoms with Crippen LogP contribution in [0.3, 0.4) is 0 Å². The lowest BCUT2D eigenvalue weighted by molar-refractivity contribution is 0.0220. The molecule has 2 rings (SSSR count). The predicted molar refractivity (Wildman–Crippen MR) is 79.2 cm³/mol. The van der Waals surface area contributed by atoms with Crippen LogP contribution in [-0.2, 0) is 17.7 Å². The van der Waals surface area contributed by atoms with Crippen LogP contribution in [0.1, 0.15) is 32.0 Å². The maximum atomic E-state index is 12.1. The molecular weight excluding hydrogens is 298 g/mol. The van der Waals surface area contributed by atoms with E-state index >= 15 is 0 Å². The first kappa shape index (κ1) is 15.4. The summed E-state index contributed by atoms with van der Waals surface area (Å²) in [7, 11) is 0. The van der Waals surface area contributed by atoms with Gasteiger partial charge in [-0.15, -0.1) is 0 Å². The molecule has 5 nitrogen and oxygen atoms in total. The highest BCUT2D eigenvalue weighted by Crippen LogP contribution is 2.26. The molecule has 1 aliphatic rings. The average Bonchev–Trinajstić information content (AvgIpc) is 2.35. The van der Waals surface area contributed by atoms with E-state index in [0.29, 0.717) is 29.8 Å². The number of nitrogens with zero attached hydrogens (tertiary/aromatic N) is 3. The molecular formula is C13H18ClN3O2S. The molecule has 0 atom stereocenters. The number of carbonyl (C=O) groups excluding carboxylic acids is 1. The van der Waals surface area contributed by atoms with E-state index < -0.39 is 5.60 Å². The third kappa shape index (κ3) is 3.55. The zero-order valence-electron chi connectivity index (χ0n) is 12.1. The highest BCUT2D eigenvalue weighted by Gasteiger charge is 2.28. The summed E-state index contributed by atoms with van der Waals surface area (Å²) in [5.41, 5.74) is 1.25. The van der Waals surface area contributed by atoms with Gasteiger partial charge in [0.25, 0.3) is 0 Å². The largest absolute Gasteiger partial charge is 0.444 e. The second-order valence-electron chi connectivity index (χ2n) is 5.58. The third-order valence-corrected chi connectivity index (χ3v) is 3.69. The summed E-state index contributed by atoms with van der Waals surface area (Å²) in [6.07, 6.45) is 2.23. The van der Waals surface area contributed by atoms with Gasteiger partial charge in [0.05, 0.1) is 12.2 Å². The van der Waals surface area contributed by atoms with Crippen molar-refractivity contribution in [3.63, 3.8) is 0 Å². The summed E-state index contributed by atoms with van der Waals surface area (Å²) in [4.78, 5) is 22.4. The van der Waals surface area contributed by atoms with Crippen molar-refractivity contribution in [2.24, 2.45) is 0 Å². The maximum Gasteiger partial charge on any atom is 0.410 e. The predicted octanol–water partition coefficient (Wildman–Crippen LogP) is 3.15. The van der Waals surface area contributed by atoms with E-state index in [1.54, 1.807) is 4.90 Å². The molecule has 0 radical (unpaired) electrons. The van der Waals surface area contributed by atoms with Gasteiger partial charge in [0.1, 0.15) is 10.8 Å². The summed E-state index contributed by atoms with van der Waals surface area (Å²) >= 11 is 7.59. The Kier molecular flexibility index (Phi) is 4.44. The van der Waals surface area contributed by atoms with E-state index in [4.69, 9.17) is 16.3 Å². The number of hydrogen-bond acceptors (Lipinski definition) is 5. The van der Waals surface area contributed by atoms with E-state index in [0.717, 1.165) is 11.3 Å². The fraction of sp³-hybridized carbons (Fsp3) is 0.615. The van der Waals surface area contributed by atoms with Crippen molar-refractivity contribution in [1.29, 1.82) is 0 Å². The van der Waals surface area contributed by atoms with Gasteiger partial charge < -0.3 is 9.64 Å². The summed E-state index contributed by atoms with van der Waals surface area (Å²) in [6.45, 7) is 6.55. The Morgan fingerprint density at radius 2 is 2.10 bits per heavy atom. The van der Waals surface area contributed by atoms with Gasteiger partial charge in [-0.05, 0) is 33.4 Å². The molecule has 1 amide bonds. The second kappa shape index (κ2) is 5.77. The van der Waals surface area contributed by atoms with E-state index in [9.17, 15) is 4.79 Å². The molecule has 0 spiro atoms. The van der Waals surface area contributed by atoms with Gasteiger partial charge in [0.2, 0.25) is 0 Å². The van der Waals surface area contributed by atoms with Gasteiger partial charge in [0.15, 0.2) is 5.16 Å². The highest BCUT2D eigenvalue weighted by molar-refractivity contribution is 7.98. The van der Waals surface area contributed by atoms with Crippen molar-refractivity contribution in [3.8, 4) is 0 Å². The monoisotopic (exact) mass is 315 g/mol. The van der Waals surface area contributed by atoms with E-state index in [-0.39, 0.29) is 6.09 Å². The molecule has 1 aromatic heterocycles. The molecule has 0 N–H and O–H groups in total. The molecule has 1 aliphatic heterocycles. The maximum absolute atomic E-state index is 12.1. The van der Waals surface area contributed by atoms with Crippen molar-refractivity contribution in [2.75, 3.05) is 12.8 Å². The van der Waals surface area contributed by atoms with Crippen LogP contribution in [0, 0.1) is 0 Å². The Balaban J connectivity index is 2.18. The summed E-state index contributed by atoms with van der Waals surface area (Å²) in [6, 6.07) is 0. The van der Waals surface area contributed by atoms with Crippen LogP contribution in [-0.4, -0.2) is 39.4 Å². The van der Waals surface area contributed by atoms with Crippen molar-refractivity contribution < 1.29 is 9.53 Å². The molecule has 0 fully saturated rings. The van der Waals surface area contributed by atoms with E-state index in [1.165, 1.54) is 11.8 Å². The number of thioether (sulfide) groups is 1. The van der Waals surface area contributed by atoms with Crippen LogP contribution >= 0.6 is 23.4 Å². The van der Waals surface area contributed by atoms with E-state index in [1.807, 2.05) is 27.0 Å². The van der Waals surface area contributed by atoms with Gasteiger partial charge in [-0.1, -0.05) is 23.4 Å². The molecule has 7 heteroatoms. The molecule has 110 valence electrons. The Morgan fingerprint density at radius 3 is 2.70 bits per heavy atom. The van der Waals surface area contributed by atoms with Gasteiger partial charge >= 0.3 is 6.09 Å². The molecule has 0 bridgehead atoms. The minimum Gasteiger partial charge on any atom is -0.444 e. The van der Waals surface area contributed by atoms with Crippen LogP contribution in [0.5, 0.6) is 0 Å². The summed E-state index contributed by atoms with van der Waals surface area (Å²) in [5.74, 6) is 0. The van der Waals surface area contributed by atoms with Crippen LogP contribution in [0.15, 0.2) is 5.16 Å². The lowest BCUT2D eigenvalue weighted by Crippen LogP contribution is -2.40. The Labute approximate surface area is 128 Å². The molecule has 1 aromatic rings. The number of aromatic nitrogens is 2. The SMILES string of the molecule is CSc1nc(Cl)c2c(n1)CN(C(=O)OC(C)(C)C)CC2. The van der Waals surface area contributed by atoms with Crippen LogP contribution in [0.2, 0.25) is 5.15 Å². The lowest BCUT2D eigenvalue weighted by atomic mass is 10.1. The second-order valence-corrected chi connectivity index (χ2v) is 6.71. The van der Waals surface area contributed by atoms with Crippen molar-refractivity contribution in [1.82, 2.24) is 14.9 Å². The fourth-order valence-corrected chi connectivity index (χ4v) is 2.65. The normalized spacial score (nSPS) is 14.9. The smallest absolute Gasteiger partial charge is 0.410 e. The molecule has 0 saturated carbocycles. The van der Waals surface area contributed by atoms with Crippen LogP contribution in [0.25, 0.3) is 0 Å². The molecule has 0 aromatic carbocycles. The molecule has 0 aliphatic carbocycles.